The Morgan fingerprint density at radius 2 is 1.93 bits per heavy atom. The van der Waals surface area contributed by atoms with Crippen molar-refractivity contribution < 1.29 is 9.21 Å². The van der Waals surface area contributed by atoms with Gasteiger partial charge in [-0.1, -0.05) is 35.9 Å². The Morgan fingerprint density at radius 1 is 1.10 bits per heavy atom. The highest BCUT2D eigenvalue weighted by atomic mass is 16.4. The quantitative estimate of drug-likeness (QED) is 0.547. The number of fused-ring (bicyclic) bond motifs is 1. The molecule has 0 fully saturated rings. The molecule has 0 bridgehead atoms. The number of carbonyl (C=O) groups excluding carboxylic acids is 1. The number of H-pyrrole nitrogens is 1. The molecule has 2 aromatic carbocycles. The van der Waals surface area contributed by atoms with Crippen LogP contribution in [0.5, 0.6) is 0 Å². The summed E-state index contributed by atoms with van der Waals surface area (Å²) in [6.45, 7) is 3.95. The summed E-state index contributed by atoms with van der Waals surface area (Å²) < 4.78 is 5.74. The van der Waals surface area contributed by atoms with Crippen molar-refractivity contribution in [2.24, 2.45) is 0 Å². The van der Waals surface area contributed by atoms with Crippen LogP contribution in [0.3, 0.4) is 0 Å². The molecule has 1 amide bonds. The zero-order valence-electron chi connectivity index (χ0n) is 16.3. The molecule has 4 rings (SSSR count). The third-order valence-electron chi connectivity index (χ3n) is 4.79. The molecule has 0 saturated heterocycles. The number of carbonyl (C=O) groups is 1. The van der Waals surface area contributed by atoms with E-state index in [1.807, 2.05) is 55.5 Å². The van der Waals surface area contributed by atoms with Gasteiger partial charge in [-0.2, -0.15) is 0 Å². The SMILES string of the molecule is Cc1cccc(-c2nc(CC(=O)NCc3cc4ccccc4[nH]c3=O)c(C)o2)c1. The molecule has 29 heavy (non-hydrogen) atoms. The van der Waals surface area contributed by atoms with E-state index in [0.29, 0.717) is 22.9 Å². The fourth-order valence-electron chi connectivity index (χ4n) is 3.23. The first-order chi connectivity index (χ1) is 14.0. The monoisotopic (exact) mass is 387 g/mol. The van der Waals surface area contributed by atoms with Gasteiger partial charge >= 0.3 is 0 Å². The van der Waals surface area contributed by atoms with Crippen LogP contribution in [0.4, 0.5) is 0 Å². The van der Waals surface area contributed by atoms with Gasteiger partial charge in [0.1, 0.15) is 5.76 Å². The Balaban J connectivity index is 1.45. The molecule has 2 aromatic heterocycles. The summed E-state index contributed by atoms with van der Waals surface area (Å²) >= 11 is 0. The normalized spacial score (nSPS) is 11.0. The molecule has 0 saturated carbocycles. The van der Waals surface area contributed by atoms with Crippen LogP contribution in [0.25, 0.3) is 22.4 Å². The Bertz CT molecular complexity index is 1250. The second kappa shape index (κ2) is 7.75. The van der Waals surface area contributed by atoms with E-state index in [2.05, 4.69) is 15.3 Å². The lowest BCUT2D eigenvalue weighted by atomic mass is 10.1. The predicted octanol–water partition coefficient (Wildman–Crippen LogP) is 3.66. The van der Waals surface area contributed by atoms with E-state index in [1.165, 1.54) is 0 Å². The second-order valence-corrected chi connectivity index (χ2v) is 7.06. The number of benzene rings is 2. The van der Waals surface area contributed by atoms with Crippen LogP contribution in [0.15, 0.2) is 63.8 Å². The van der Waals surface area contributed by atoms with E-state index in [1.54, 1.807) is 13.0 Å². The Hall–Kier alpha value is -3.67. The standard InChI is InChI=1S/C23H21N3O3/c1-14-6-5-8-17(10-14)23-26-20(15(2)29-23)12-21(27)24-13-18-11-16-7-3-4-9-19(16)25-22(18)28/h3-11H,12-13H2,1-2H3,(H,24,27)(H,25,28). The largest absolute Gasteiger partial charge is 0.441 e. The van der Waals surface area contributed by atoms with Crippen molar-refractivity contribution in [1.29, 1.82) is 0 Å². The Kier molecular flexibility index (Phi) is 4.99. The molecule has 146 valence electrons. The van der Waals surface area contributed by atoms with Gasteiger partial charge in [-0.15, -0.1) is 0 Å². The van der Waals surface area contributed by atoms with Crippen LogP contribution in [-0.4, -0.2) is 15.9 Å². The summed E-state index contributed by atoms with van der Waals surface area (Å²) in [7, 11) is 0. The first-order valence-electron chi connectivity index (χ1n) is 9.40. The molecule has 0 aliphatic heterocycles. The van der Waals surface area contributed by atoms with Crippen LogP contribution in [0.1, 0.15) is 22.6 Å². The van der Waals surface area contributed by atoms with Gasteiger partial charge in [0, 0.05) is 23.2 Å². The lowest BCUT2D eigenvalue weighted by molar-refractivity contribution is -0.120. The highest BCUT2D eigenvalue weighted by Crippen LogP contribution is 2.22. The maximum absolute atomic E-state index is 12.4. The third-order valence-corrected chi connectivity index (χ3v) is 4.79. The molecule has 0 spiro atoms. The molecule has 0 aliphatic rings. The summed E-state index contributed by atoms with van der Waals surface area (Å²) in [6.07, 6.45) is 0.0899. The molecule has 2 N–H and O–H groups in total. The average Bonchev–Trinajstić information content (AvgIpc) is 3.06. The minimum atomic E-state index is -0.218. The number of oxazole rings is 1. The molecule has 0 atom stereocenters. The lowest BCUT2D eigenvalue weighted by Gasteiger charge is -2.05. The zero-order valence-corrected chi connectivity index (χ0v) is 16.3. The maximum Gasteiger partial charge on any atom is 0.253 e. The van der Waals surface area contributed by atoms with Crippen molar-refractivity contribution in [1.82, 2.24) is 15.3 Å². The van der Waals surface area contributed by atoms with E-state index in [0.717, 1.165) is 22.0 Å². The number of nitrogens with zero attached hydrogens (tertiary/aromatic N) is 1. The van der Waals surface area contributed by atoms with Crippen molar-refractivity contribution >= 4 is 16.8 Å². The van der Waals surface area contributed by atoms with Gasteiger partial charge in [0.05, 0.1) is 12.1 Å². The van der Waals surface area contributed by atoms with Crippen molar-refractivity contribution in [3.63, 3.8) is 0 Å². The minimum Gasteiger partial charge on any atom is -0.441 e. The Labute approximate surface area is 167 Å². The van der Waals surface area contributed by atoms with Crippen LogP contribution < -0.4 is 10.9 Å². The average molecular weight is 387 g/mol. The molecule has 0 unspecified atom stereocenters. The van der Waals surface area contributed by atoms with Crippen molar-refractivity contribution in [2.45, 2.75) is 26.8 Å². The number of para-hydroxylation sites is 1. The van der Waals surface area contributed by atoms with Crippen LogP contribution in [0.2, 0.25) is 0 Å². The number of amides is 1. The van der Waals surface area contributed by atoms with Crippen molar-refractivity contribution in [3.05, 3.63) is 87.5 Å². The smallest absolute Gasteiger partial charge is 0.253 e. The van der Waals surface area contributed by atoms with E-state index in [-0.39, 0.29) is 24.4 Å². The number of hydrogen-bond donors (Lipinski definition) is 2. The topological polar surface area (TPSA) is 88.0 Å². The van der Waals surface area contributed by atoms with Gasteiger partial charge < -0.3 is 14.7 Å². The summed E-state index contributed by atoms with van der Waals surface area (Å²) in [5.74, 6) is 0.893. The van der Waals surface area contributed by atoms with E-state index >= 15 is 0 Å². The fourth-order valence-corrected chi connectivity index (χ4v) is 3.23. The van der Waals surface area contributed by atoms with Crippen LogP contribution >= 0.6 is 0 Å². The predicted molar refractivity (Wildman–Crippen MR) is 112 cm³/mol. The molecular formula is C23H21N3O3. The number of pyridine rings is 1. The number of rotatable bonds is 5. The summed E-state index contributed by atoms with van der Waals surface area (Å²) in [6, 6.07) is 17.2. The third kappa shape index (κ3) is 4.11. The second-order valence-electron chi connectivity index (χ2n) is 7.06. The molecule has 6 nitrogen and oxygen atoms in total. The number of hydrogen-bond acceptors (Lipinski definition) is 4. The number of aryl methyl sites for hydroxylation is 2. The zero-order chi connectivity index (χ0) is 20.4. The van der Waals surface area contributed by atoms with E-state index < -0.39 is 0 Å². The highest BCUT2D eigenvalue weighted by molar-refractivity contribution is 5.80. The summed E-state index contributed by atoms with van der Waals surface area (Å²) in [5, 5.41) is 3.72. The van der Waals surface area contributed by atoms with Gasteiger partial charge in [-0.3, -0.25) is 9.59 Å². The van der Waals surface area contributed by atoms with Gasteiger partial charge in [-0.05, 0) is 43.5 Å². The molecule has 0 radical (unpaired) electrons. The highest BCUT2D eigenvalue weighted by Gasteiger charge is 2.15. The number of aromatic amines is 1. The fraction of sp³-hybridized carbons (Fsp3) is 0.174. The van der Waals surface area contributed by atoms with Gasteiger partial charge in [0.15, 0.2) is 0 Å². The van der Waals surface area contributed by atoms with Crippen molar-refractivity contribution in [2.75, 3.05) is 0 Å². The van der Waals surface area contributed by atoms with E-state index in [9.17, 15) is 9.59 Å². The molecule has 2 heterocycles. The van der Waals surface area contributed by atoms with Gasteiger partial charge in [-0.25, -0.2) is 4.98 Å². The van der Waals surface area contributed by atoms with Crippen molar-refractivity contribution in [3.8, 4) is 11.5 Å². The Morgan fingerprint density at radius 3 is 2.76 bits per heavy atom. The summed E-state index contributed by atoms with van der Waals surface area (Å²) in [5.41, 5.74) is 3.65. The van der Waals surface area contributed by atoms with Crippen LogP contribution in [-0.2, 0) is 17.8 Å². The van der Waals surface area contributed by atoms with Gasteiger partial charge in [0.2, 0.25) is 11.8 Å². The lowest BCUT2D eigenvalue weighted by Crippen LogP contribution is -2.28. The molecule has 0 aliphatic carbocycles. The molecule has 6 heteroatoms. The summed E-state index contributed by atoms with van der Waals surface area (Å²) in [4.78, 5) is 31.9. The van der Waals surface area contributed by atoms with E-state index in [4.69, 9.17) is 4.42 Å². The van der Waals surface area contributed by atoms with Gasteiger partial charge in [0.25, 0.3) is 5.56 Å². The van der Waals surface area contributed by atoms with Crippen LogP contribution in [0, 0.1) is 13.8 Å². The molecule has 4 aromatic rings. The number of nitrogens with one attached hydrogen (secondary N) is 2. The molecular weight excluding hydrogens is 366 g/mol. The first kappa shape index (κ1) is 18.7. The minimum absolute atomic E-state index is 0.0899. The number of aromatic nitrogens is 2. The maximum atomic E-state index is 12.4. The first-order valence-corrected chi connectivity index (χ1v) is 9.40.